The number of fused-ring (bicyclic) bond motifs is 3. The summed E-state index contributed by atoms with van der Waals surface area (Å²) in [5.74, 6) is 2.30. The third-order valence-corrected chi connectivity index (χ3v) is 7.93. The van der Waals surface area contributed by atoms with Gasteiger partial charge in [-0.2, -0.15) is 0 Å². The van der Waals surface area contributed by atoms with Crippen LogP contribution in [-0.4, -0.2) is 27.7 Å². The number of hydrogen-bond acceptors (Lipinski definition) is 5. The lowest BCUT2D eigenvalue weighted by atomic mass is 9.86. The summed E-state index contributed by atoms with van der Waals surface area (Å²) in [5, 5.41) is 3.98. The number of carbonyl (C=O) groups excluding carboxylic acids is 1. The Kier molecular flexibility index (Phi) is 5.88. The fraction of sp³-hybridized carbons (Fsp3) is 0.650. The Morgan fingerprint density at radius 1 is 1.26 bits per heavy atom. The molecule has 2 aliphatic rings. The molecule has 0 radical (unpaired) electrons. The van der Waals surface area contributed by atoms with Crippen molar-refractivity contribution in [2.24, 2.45) is 5.92 Å². The molecule has 4 rings (SSSR count). The highest BCUT2D eigenvalue weighted by molar-refractivity contribution is 7.99. The van der Waals surface area contributed by atoms with Gasteiger partial charge >= 0.3 is 0 Å². The van der Waals surface area contributed by atoms with E-state index in [0.717, 1.165) is 35.9 Å². The monoisotopic (exact) mass is 405 g/mol. The van der Waals surface area contributed by atoms with Gasteiger partial charge in [0.2, 0.25) is 5.91 Å². The molecule has 2 unspecified atom stereocenters. The normalized spacial score (nSPS) is 22.6. The summed E-state index contributed by atoms with van der Waals surface area (Å²) in [7, 11) is 0. The van der Waals surface area contributed by atoms with Crippen molar-refractivity contribution < 1.29 is 4.79 Å². The molecule has 2 heterocycles. The van der Waals surface area contributed by atoms with E-state index in [0.29, 0.717) is 29.3 Å². The van der Waals surface area contributed by atoms with Crippen molar-refractivity contribution in [2.75, 3.05) is 5.75 Å². The number of H-pyrrole nitrogens is 1. The lowest BCUT2D eigenvalue weighted by Gasteiger charge is -2.29. The molecule has 2 atom stereocenters. The molecule has 1 fully saturated rings. The van der Waals surface area contributed by atoms with Crippen molar-refractivity contribution in [3.05, 3.63) is 26.6 Å². The first-order valence-corrected chi connectivity index (χ1v) is 12.0. The summed E-state index contributed by atoms with van der Waals surface area (Å²) in [6.45, 7) is 2.22. The smallest absolute Gasteiger partial charge is 0.259 e. The Labute approximate surface area is 167 Å². The summed E-state index contributed by atoms with van der Waals surface area (Å²) in [6, 6.07) is 0.318. The van der Waals surface area contributed by atoms with Gasteiger partial charge in [-0.1, -0.05) is 19.8 Å². The quantitative estimate of drug-likeness (QED) is 0.794. The number of hydrogen-bond donors (Lipinski definition) is 2. The number of carbonyl (C=O) groups is 1. The zero-order chi connectivity index (χ0) is 18.8. The van der Waals surface area contributed by atoms with Gasteiger partial charge in [-0.3, -0.25) is 9.59 Å². The highest BCUT2D eigenvalue weighted by Gasteiger charge is 2.23. The standard InChI is InChI=1S/C20H27N3O2S2/c1-12-6-2-4-8-14(12)21-17(24)11-26-10-16-22-19(25)18-13-7-3-5-9-15(13)27-20(18)23-16/h12,14H,2-11H2,1H3,(H,21,24)(H,22,23,25). The molecule has 2 aromatic rings. The van der Waals surface area contributed by atoms with Crippen LogP contribution in [-0.2, 0) is 23.4 Å². The topological polar surface area (TPSA) is 74.8 Å². The van der Waals surface area contributed by atoms with Gasteiger partial charge in [-0.05, 0) is 50.0 Å². The highest BCUT2D eigenvalue weighted by Crippen LogP contribution is 2.33. The van der Waals surface area contributed by atoms with Crippen molar-refractivity contribution in [3.63, 3.8) is 0 Å². The van der Waals surface area contributed by atoms with Gasteiger partial charge in [-0.15, -0.1) is 23.1 Å². The maximum absolute atomic E-state index is 12.6. The molecule has 2 aromatic heterocycles. The van der Waals surface area contributed by atoms with Crippen LogP contribution in [0.3, 0.4) is 0 Å². The van der Waals surface area contributed by atoms with Crippen molar-refractivity contribution in [2.45, 2.75) is 70.1 Å². The molecule has 0 saturated heterocycles. The van der Waals surface area contributed by atoms with Crippen molar-refractivity contribution in [1.29, 1.82) is 0 Å². The first-order valence-electron chi connectivity index (χ1n) is 10.0. The SMILES string of the molecule is CC1CCCCC1NC(=O)CSCc1nc2sc3c(c2c(=O)[nH]1)CCCC3. The van der Waals surface area contributed by atoms with E-state index in [9.17, 15) is 9.59 Å². The van der Waals surface area contributed by atoms with E-state index >= 15 is 0 Å². The van der Waals surface area contributed by atoms with E-state index in [-0.39, 0.29) is 11.5 Å². The summed E-state index contributed by atoms with van der Waals surface area (Å²) in [6.07, 6.45) is 9.20. The van der Waals surface area contributed by atoms with Gasteiger partial charge in [-0.25, -0.2) is 4.98 Å². The Balaban J connectivity index is 1.36. The second-order valence-corrected chi connectivity index (χ2v) is 9.90. The van der Waals surface area contributed by atoms with E-state index in [1.165, 1.54) is 47.9 Å². The predicted molar refractivity (Wildman–Crippen MR) is 113 cm³/mol. The minimum absolute atomic E-state index is 0.0181. The van der Waals surface area contributed by atoms with Gasteiger partial charge in [0.15, 0.2) is 0 Å². The van der Waals surface area contributed by atoms with Crippen LogP contribution >= 0.6 is 23.1 Å². The zero-order valence-electron chi connectivity index (χ0n) is 15.8. The minimum atomic E-state index is -0.0181. The number of nitrogens with one attached hydrogen (secondary N) is 2. The fourth-order valence-corrected chi connectivity index (χ4v) is 6.28. The number of aryl methyl sites for hydroxylation is 2. The molecule has 0 bridgehead atoms. The van der Waals surface area contributed by atoms with E-state index < -0.39 is 0 Å². The zero-order valence-corrected chi connectivity index (χ0v) is 17.4. The van der Waals surface area contributed by atoms with Gasteiger partial charge in [0.1, 0.15) is 10.7 Å². The largest absolute Gasteiger partial charge is 0.352 e. The highest BCUT2D eigenvalue weighted by atomic mass is 32.2. The summed E-state index contributed by atoms with van der Waals surface area (Å²) in [4.78, 5) is 34.6. The molecule has 0 aliphatic heterocycles. The van der Waals surface area contributed by atoms with Crippen LogP contribution < -0.4 is 10.9 Å². The first kappa shape index (κ1) is 19.0. The third-order valence-electron chi connectivity index (χ3n) is 5.80. The molecular weight excluding hydrogens is 378 g/mol. The molecule has 2 aliphatic carbocycles. The van der Waals surface area contributed by atoms with Gasteiger partial charge in [0.25, 0.3) is 5.56 Å². The molecule has 5 nitrogen and oxygen atoms in total. The summed E-state index contributed by atoms with van der Waals surface area (Å²) < 4.78 is 0. The van der Waals surface area contributed by atoms with Crippen molar-refractivity contribution in [3.8, 4) is 0 Å². The molecule has 7 heteroatoms. The molecular formula is C20H27N3O2S2. The molecule has 146 valence electrons. The predicted octanol–water partition coefficient (Wildman–Crippen LogP) is 3.79. The maximum atomic E-state index is 12.6. The Hall–Kier alpha value is -1.34. The molecule has 2 N–H and O–H groups in total. The maximum Gasteiger partial charge on any atom is 0.259 e. The van der Waals surface area contributed by atoms with Crippen LogP contribution in [0.15, 0.2) is 4.79 Å². The van der Waals surface area contributed by atoms with Crippen LogP contribution in [0.2, 0.25) is 0 Å². The van der Waals surface area contributed by atoms with Gasteiger partial charge in [0.05, 0.1) is 16.9 Å². The lowest BCUT2D eigenvalue weighted by molar-refractivity contribution is -0.119. The van der Waals surface area contributed by atoms with Crippen LogP contribution in [0.1, 0.15) is 61.7 Å². The minimum Gasteiger partial charge on any atom is -0.352 e. The van der Waals surface area contributed by atoms with Gasteiger partial charge in [0, 0.05) is 10.9 Å². The lowest BCUT2D eigenvalue weighted by Crippen LogP contribution is -2.41. The average Bonchev–Trinajstić information content (AvgIpc) is 3.02. The number of nitrogens with zero attached hydrogens (tertiary/aromatic N) is 1. The second kappa shape index (κ2) is 8.35. The number of aromatic nitrogens is 2. The van der Waals surface area contributed by atoms with E-state index in [1.807, 2.05) is 0 Å². The third kappa shape index (κ3) is 4.24. The fourth-order valence-electron chi connectivity index (χ4n) is 4.30. The van der Waals surface area contributed by atoms with Crippen molar-refractivity contribution >= 4 is 39.2 Å². The average molecular weight is 406 g/mol. The summed E-state index contributed by atoms with van der Waals surface area (Å²) >= 11 is 3.19. The number of amides is 1. The Morgan fingerprint density at radius 2 is 2.07 bits per heavy atom. The van der Waals surface area contributed by atoms with Crippen LogP contribution in [0.5, 0.6) is 0 Å². The summed E-state index contributed by atoms with van der Waals surface area (Å²) in [5.41, 5.74) is 1.20. The number of rotatable bonds is 5. The Bertz CT molecular complexity index is 889. The van der Waals surface area contributed by atoms with Gasteiger partial charge < -0.3 is 10.3 Å². The number of aromatic amines is 1. The van der Waals surface area contributed by atoms with Crippen LogP contribution in [0.4, 0.5) is 0 Å². The molecule has 0 aromatic carbocycles. The number of thioether (sulfide) groups is 1. The molecule has 1 saturated carbocycles. The first-order chi connectivity index (χ1) is 13.1. The van der Waals surface area contributed by atoms with E-state index in [2.05, 4.69) is 22.2 Å². The van der Waals surface area contributed by atoms with Crippen LogP contribution in [0, 0.1) is 5.92 Å². The van der Waals surface area contributed by atoms with E-state index in [4.69, 9.17) is 0 Å². The molecule has 1 amide bonds. The Morgan fingerprint density at radius 3 is 2.93 bits per heavy atom. The molecule has 0 spiro atoms. The van der Waals surface area contributed by atoms with Crippen LogP contribution in [0.25, 0.3) is 10.2 Å². The second-order valence-electron chi connectivity index (χ2n) is 7.83. The number of thiophene rings is 1. The molecule has 27 heavy (non-hydrogen) atoms. The van der Waals surface area contributed by atoms with E-state index in [1.54, 1.807) is 11.3 Å². The van der Waals surface area contributed by atoms with Crippen molar-refractivity contribution in [1.82, 2.24) is 15.3 Å².